The van der Waals surface area contributed by atoms with E-state index in [-0.39, 0.29) is 5.76 Å². The average Bonchev–Trinajstić information content (AvgIpc) is 3.11. The zero-order chi connectivity index (χ0) is 19.4. The summed E-state index contributed by atoms with van der Waals surface area (Å²) in [7, 11) is 0. The molecule has 1 unspecified atom stereocenters. The largest absolute Gasteiger partial charge is 0.433 e. The third-order valence-corrected chi connectivity index (χ3v) is 4.71. The highest BCUT2D eigenvalue weighted by atomic mass is 32.1. The van der Waals surface area contributed by atoms with Crippen LogP contribution in [-0.4, -0.2) is 21.2 Å². The van der Waals surface area contributed by atoms with E-state index in [0.29, 0.717) is 27.0 Å². The van der Waals surface area contributed by atoms with E-state index in [1.807, 2.05) is 24.3 Å². The fraction of sp³-hybridized carbons (Fsp3) is 0.250. The van der Waals surface area contributed by atoms with Crippen LogP contribution >= 0.6 is 12.8 Å². The number of benzene rings is 1. The molecular formula is C20H21N3O3S. The highest BCUT2D eigenvalue weighted by Gasteiger charge is 2.23. The number of imide groups is 1. The van der Waals surface area contributed by atoms with Gasteiger partial charge in [0.05, 0.1) is 0 Å². The lowest BCUT2D eigenvalue weighted by atomic mass is 9.96. The SMILES string of the molecule is CCCC(C)c1ccc(NC(=O)N(S)C(=O)c2cc3cccnc3o2)cc1. The van der Waals surface area contributed by atoms with Gasteiger partial charge in [-0.25, -0.2) is 14.1 Å². The number of urea groups is 1. The van der Waals surface area contributed by atoms with Crippen LogP contribution in [0.15, 0.2) is 53.1 Å². The summed E-state index contributed by atoms with van der Waals surface area (Å²) in [4.78, 5) is 28.8. The number of thiol groups is 1. The number of hydrogen-bond acceptors (Lipinski definition) is 5. The molecular weight excluding hydrogens is 362 g/mol. The minimum atomic E-state index is -0.665. The highest BCUT2D eigenvalue weighted by Crippen LogP contribution is 2.23. The number of carbonyl (C=O) groups excluding carboxylic acids is 2. The molecule has 0 radical (unpaired) electrons. The van der Waals surface area contributed by atoms with Crippen LogP contribution < -0.4 is 5.32 Å². The normalized spacial score (nSPS) is 12.0. The molecule has 0 aliphatic rings. The van der Waals surface area contributed by atoms with Crippen molar-refractivity contribution in [2.45, 2.75) is 32.6 Å². The maximum Gasteiger partial charge on any atom is 0.339 e. The maximum absolute atomic E-state index is 12.4. The Morgan fingerprint density at radius 3 is 2.67 bits per heavy atom. The zero-order valence-electron chi connectivity index (χ0n) is 15.2. The van der Waals surface area contributed by atoms with Gasteiger partial charge in [-0.2, -0.15) is 0 Å². The Kier molecular flexibility index (Phi) is 5.81. The van der Waals surface area contributed by atoms with Crippen molar-refractivity contribution in [1.29, 1.82) is 0 Å². The number of furan rings is 1. The smallest absolute Gasteiger partial charge is 0.339 e. The van der Waals surface area contributed by atoms with Crippen LogP contribution in [0.25, 0.3) is 11.1 Å². The van der Waals surface area contributed by atoms with E-state index in [1.165, 1.54) is 11.6 Å². The lowest BCUT2D eigenvalue weighted by Crippen LogP contribution is -2.32. The molecule has 6 nitrogen and oxygen atoms in total. The molecule has 0 bridgehead atoms. The van der Waals surface area contributed by atoms with E-state index in [4.69, 9.17) is 4.42 Å². The van der Waals surface area contributed by atoms with Crippen molar-refractivity contribution in [3.63, 3.8) is 0 Å². The Morgan fingerprint density at radius 2 is 2.00 bits per heavy atom. The van der Waals surface area contributed by atoms with E-state index in [1.54, 1.807) is 18.3 Å². The number of nitrogens with zero attached hydrogens (tertiary/aromatic N) is 2. The maximum atomic E-state index is 12.4. The van der Waals surface area contributed by atoms with E-state index in [0.717, 1.165) is 12.8 Å². The summed E-state index contributed by atoms with van der Waals surface area (Å²) in [6.45, 7) is 4.33. The van der Waals surface area contributed by atoms with E-state index >= 15 is 0 Å². The summed E-state index contributed by atoms with van der Waals surface area (Å²) < 4.78 is 6.07. The Balaban J connectivity index is 1.67. The minimum absolute atomic E-state index is 0.00223. The molecule has 1 atom stereocenters. The Hall–Kier alpha value is -2.80. The summed E-state index contributed by atoms with van der Waals surface area (Å²) in [5.41, 5.74) is 2.13. The molecule has 140 valence electrons. The first-order valence-corrected chi connectivity index (χ1v) is 9.18. The lowest BCUT2D eigenvalue weighted by molar-refractivity contribution is 0.0874. The quantitative estimate of drug-likeness (QED) is 0.590. The van der Waals surface area contributed by atoms with Crippen molar-refractivity contribution in [3.8, 4) is 0 Å². The molecule has 2 heterocycles. The Labute approximate surface area is 163 Å². The van der Waals surface area contributed by atoms with Crippen molar-refractivity contribution in [3.05, 3.63) is 60.0 Å². The summed E-state index contributed by atoms with van der Waals surface area (Å²) in [5, 5.41) is 3.34. The predicted molar refractivity (Wildman–Crippen MR) is 108 cm³/mol. The van der Waals surface area contributed by atoms with Crippen molar-refractivity contribution in [2.75, 3.05) is 5.32 Å². The highest BCUT2D eigenvalue weighted by molar-refractivity contribution is 7.79. The topological polar surface area (TPSA) is 75.4 Å². The van der Waals surface area contributed by atoms with Crippen LogP contribution in [0.3, 0.4) is 0 Å². The molecule has 7 heteroatoms. The third-order valence-electron chi connectivity index (χ3n) is 4.34. The first-order chi connectivity index (χ1) is 13.0. The van der Waals surface area contributed by atoms with Gasteiger partial charge in [-0.3, -0.25) is 4.79 Å². The number of hydrogen-bond donors (Lipinski definition) is 2. The monoisotopic (exact) mass is 383 g/mol. The summed E-state index contributed by atoms with van der Waals surface area (Å²) in [5.74, 6) is -0.205. The van der Waals surface area contributed by atoms with Gasteiger partial charge in [0.1, 0.15) is 0 Å². The average molecular weight is 383 g/mol. The van der Waals surface area contributed by atoms with Gasteiger partial charge in [-0.05, 0) is 48.2 Å². The number of aromatic nitrogens is 1. The molecule has 1 N–H and O–H groups in total. The second-order valence-electron chi connectivity index (χ2n) is 6.37. The molecule has 2 aromatic heterocycles. The minimum Gasteiger partial charge on any atom is -0.433 e. The van der Waals surface area contributed by atoms with Crippen molar-refractivity contribution < 1.29 is 14.0 Å². The first kappa shape index (κ1) is 19.0. The number of amides is 3. The molecule has 0 aliphatic carbocycles. The number of fused-ring (bicyclic) bond motifs is 1. The first-order valence-electron chi connectivity index (χ1n) is 8.78. The molecule has 3 rings (SSSR count). The van der Waals surface area contributed by atoms with Crippen LogP contribution in [-0.2, 0) is 0 Å². The van der Waals surface area contributed by atoms with Crippen LogP contribution in [0.5, 0.6) is 0 Å². The molecule has 0 saturated carbocycles. The van der Waals surface area contributed by atoms with Crippen LogP contribution in [0.4, 0.5) is 10.5 Å². The van der Waals surface area contributed by atoms with Gasteiger partial charge >= 0.3 is 11.9 Å². The van der Waals surface area contributed by atoms with Gasteiger partial charge in [0, 0.05) is 17.3 Å². The van der Waals surface area contributed by atoms with Crippen LogP contribution in [0.2, 0.25) is 0 Å². The number of rotatable bonds is 5. The van der Waals surface area contributed by atoms with Crippen molar-refractivity contribution >= 4 is 41.5 Å². The second-order valence-corrected chi connectivity index (χ2v) is 6.77. The summed E-state index contributed by atoms with van der Waals surface area (Å²) in [6.07, 6.45) is 3.79. The molecule has 3 aromatic rings. The zero-order valence-corrected chi connectivity index (χ0v) is 16.1. The van der Waals surface area contributed by atoms with Crippen molar-refractivity contribution in [1.82, 2.24) is 9.29 Å². The van der Waals surface area contributed by atoms with E-state index < -0.39 is 11.9 Å². The van der Waals surface area contributed by atoms with E-state index in [2.05, 4.69) is 37.0 Å². The summed E-state index contributed by atoms with van der Waals surface area (Å²) in [6, 6.07) is 12.0. The molecule has 0 fully saturated rings. The standard InChI is InChI=1S/C20H21N3O3S/c1-3-5-13(2)14-7-9-16(10-8-14)22-20(25)23(27)19(24)17-12-15-6-4-11-21-18(15)26-17/h4,6-13,27H,3,5H2,1-2H3,(H,22,25). The molecule has 3 amide bonds. The van der Waals surface area contributed by atoms with Gasteiger partial charge in [0.2, 0.25) is 5.71 Å². The number of carbonyl (C=O) groups is 2. The molecule has 0 saturated heterocycles. The van der Waals surface area contributed by atoms with Gasteiger partial charge in [-0.15, -0.1) is 0 Å². The Bertz CT molecular complexity index is 920. The number of anilines is 1. The van der Waals surface area contributed by atoms with Gasteiger partial charge in [-0.1, -0.05) is 45.2 Å². The Morgan fingerprint density at radius 1 is 1.26 bits per heavy atom. The van der Waals surface area contributed by atoms with Gasteiger partial charge < -0.3 is 9.73 Å². The van der Waals surface area contributed by atoms with Gasteiger partial charge in [0.15, 0.2) is 5.76 Å². The molecule has 27 heavy (non-hydrogen) atoms. The third kappa shape index (κ3) is 4.31. The fourth-order valence-electron chi connectivity index (χ4n) is 2.85. The number of nitrogens with one attached hydrogen (secondary N) is 1. The fourth-order valence-corrected chi connectivity index (χ4v) is 2.99. The summed E-state index contributed by atoms with van der Waals surface area (Å²) >= 11 is 4.02. The van der Waals surface area contributed by atoms with Crippen molar-refractivity contribution in [2.24, 2.45) is 0 Å². The lowest BCUT2D eigenvalue weighted by Gasteiger charge is -2.15. The predicted octanol–water partition coefficient (Wildman–Crippen LogP) is 5.25. The van der Waals surface area contributed by atoms with Gasteiger partial charge in [0.25, 0.3) is 0 Å². The van der Waals surface area contributed by atoms with Crippen LogP contribution in [0, 0.1) is 0 Å². The number of pyridine rings is 1. The molecule has 1 aromatic carbocycles. The van der Waals surface area contributed by atoms with Crippen LogP contribution in [0.1, 0.15) is 48.7 Å². The molecule has 0 aliphatic heterocycles. The van der Waals surface area contributed by atoms with E-state index in [9.17, 15) is 9.59 Å². The molecule has 0 spiro atoms. The second kappa shape index (κ2) is 8.26.